The summed E-state index contributed by atoms with van der Waals surface area (Å²) in [7, 11) is 0. The van der Waals surface area contributed by atoms with E-state index in [9.17, 15) is 4.39 Å². The van der Waals surface area contributed by atoms with Gasteiger partial charge >= 0.3 is 0 Å². The van der Waals surface area contributed by atoms with Gasteiger partial charge in [-0.05, 0) is 11.6 Å². The number of hydrogen-bond donors (Lipinski definition) is 1. The molecule has 1 aromatic carbocycles. The lowest BCUT2D eigenvalue weighted by molar-refractivity contribution is 0.618. The van der Waals surface area contributed by atoms with Gasteiger partial charge in [0.05, 0.1) is 5.02 Å². The van der Waals surface area contributed by atoms with E-state index in [0.717, 1.165) is 0 Å². The minimum atomic E-state index is -0.362. The van der Waals surface area contributed by atoms with Crippen LogP contribution in [0.15, 0.2) is 18.2 Å². The second kappa shape index (κ2) is 3.26. The molecular formula is C7H6ClFS. The van der Waals surface area contributed by atoms with E-state index in [1.165, 1.54) is 6.07 Å². The Labute approximate surface area is 69.4 Å². The van der Waals surface area contributed by atoms with E-state index >= 15 is 0 Å². The van der Waals surface area contributed by atoms with Gasteiger partial charge in [0.15, 0.2) is 0 Å². The summed E-state index contributed by atoms with van der Waals surface area (Å²) in [6, 6.07) is 4.88. The second-order valence-corrected chi connectivity index (χ2v) is 2.59. The van der Waals surface area contributed by atoms with Crippen molar-refractivity contribution in [3.8, 4) is 0 Å². The molecule has 10 heavy (non-hydrogen) atoms. The standard InChI is InChI=1S/C7H6ClFS/c8-6-3-1-2-5(4-10)7(6)9/h1-3,10H,4H2. The first-order valence-corrected chi connectivity index (χ1v) is 3.80. The van der Waals surface area contributed by atoms with E-state index in [0.29, 0.717) is 11.3 Å². The molecule has 1 rings (SSSR count). The summed E-state index contributed by atoms with van der Waals surface area (Å²) in [5.41, 5.74) is 0.538. The third-order valence-corrected chi connectivity index (χ3v) is 1.83. The van der Waals surface area contributed by atoms with Crippen LogP contribution in [0.4, 0.5) is 4.39 Å². The molecule has 0 nitrogen and oxygen atoms in total. The van der Waals surface area contributed by atoms with E-state index in [1.54, 1.807) is 12.1 Å². The molecule has 0 aliphatic rings. The first kappa shape index (κ1) is 7.89. The van der Waals surface area contributed by atoms with Crippen LogP contribution in [0, 0.1) is 5.82 Å². The molecule has 0 aliphatic heterocycles. The van der Waals surface area contributed by atoms with Crippen LogP contribution < -0.4 is 0 Å². The molecule has 0 saturated carbocycles. The highest BCUT2D eigenvalue weighted by atomic mass is 35.5. The van der Waals surface area contributed by atoms with Gasteiger partial charge in [-0.15, -0.1) is 0 Å². The smallest absolute Gasteiger partial charge is 0.145 e. The third-order valence-electron chi connectivity index (χ3n) is 1.20. The Bertz CT molecular complexity index is 237. The minimum absolute atomic E-state index is 0.159. The first-order chi connectivity index (χ1) is 4.75. The van der Waals surface area contributed by atoms with Crippen molar-refractivity contribution in [2.45, 2.75) is 5.75 Å². The van der Waals surface area contributed by atoms with Crippen LogP contribution >= 0.6 is 24.2 Å². The Morgan fingerprint density at radius 1 is 1.50 bits per heavy atom. The zero-order valence-electron chi connectivity index (χ0n) is 5.14. The van der Waals surface area contributed by atoms with Crippen molar-refractivity contribution in [3.63, 3.8) is 0 Å². The molecule has 0 radical (unpaired) electrons. The summed E-state index contributed by atoms with van der Waals surface area (Å²) in [6.07, 6.45) is 0. The summed E-state index contributed by atoms with van der Waals surface area (Å²) in [5.74, 6) is 0.0195. The number of benzene rings is 1. The van der Waals surface area contributed by atoms with E-state index < -0.39 is 0 Å². The van der Waals surface area contributed by atoms with Gasteiger partial charge in [0.2, 0.25) is 0 Å². The summed E-state index contributed by atoms with van der Waals surface area (Å²) in [5, 5.41) is 0.159. The van der Waals surface area contributed by atoms with Crippen molar-refractivity contribution in [2.24, 2.45) is 0 Å². The highest BCUT2D eigenvalue weighted by molar-refractivity contribution is 7.79. The predicted molar refractivity (Wildman–Crippen MR) is 44.1 cm³/mol. The van der Waals surface area contributed by atoms with Crippen molar-refractivity contribution < 1.29 is 4.39 Å². The lowest BCUT2D eigenvalue weighted by atomic mass is 10.2. The van der Waals surface area contributed by atoms with Gasteiger partial charge in [-0.25, -0.2) is 4.39 Å². The van der Waals surface area contributed by atoms with E-state index in [-0.39, 0.29) is 10.8 Å². The number of thiol groups is 1. The summed E-state index contributed by atoms with van der Waals surface area (Å²) in [6.45, 7) is 0. The monoisotopic (exact) mass is 176 g/mol. The lowest BCUT2D eigenvalue weighted by Crippen LogP contribution is -1.85. The highest BCUT2D eigenvalue weighted by Crippen LogP contribution is 2.18. The topological polar surface area (TPSA) is 0 Å². The normalized spacial score (nSPS) is 9.90. The Hall–Kier alpha value is -0.210. The second-order valence-electron chi connectivity index (χ2n) is 1.87. The van der Waals surface area contributed by atoms with E-state index in [4.69, 9.17) is 11.6 Å². The summed E-state index contributed by atoms with van der Waals surface area (Å²) in [4.78, 5) is 0. The Balaban J connectivity index is 3.14. The van der Waals surface area contributed by atoms with Crippen molar-refractivity contribution in [3.05, 3.63) is 34.6 Å². The fourth-order valence-electron chi connectivity index (χ4n) is 0.671. The number of hydrogen-bond acceptors (Lipinski definition) is 1. The molecule has 0 saturated heterocycles. The largest absolute Gasteiger partial charge is 0.205 e. The van der Waals surface area contributed by atoms with Crippen LogP contribution in [0.1, 0.15) is 5.56 Å². The molecular weight excluding hydrogens is 171 g/mol. The van der Waals surface area contributed by atoms with E-state index in [2.05, 4.69) is 12.6 Å². The molecule has 0 N–H and O–H groups in total. The molecule has 0 atom stereocenters. The predicted octanol–water partition coefficient (Wildman–Crippen LogP) is 2.91. The molecule has 0 spiro atoms. The average Bonchev–Trinajstić information content (AvgIpc) is 1.95. The van der Waals surface area contributed by atoms with Gasteiger partial charge in [0.1, 0.15) is 5.82 Å². The van der Waals surface area contributed by atoms with Crippen LogP contribution in [0.2, 0.25) is 5.02 Å². The molecule has 0 aliphatic carbocycles. The maximum absolute atomic E-state index is 12.8. The van der Waals surface area contributed by atoms with Crippen molar-refractivity contribution in [1.29, 1.82) is 0 Å². The van der Waals surface area contributed by atoms with Gasteiger partial charge < -0.3 is 0 Å². The Kier molecular flexibility index (Phi) is 2.57. The molecule has 54 valence electrons. The van der Waals surface area contributed by atoms with Gasteiger partial charge in [0, 0.05) is 5.75 Å². The van der Waals surface area contributed by atoms with Gasteiger partial charge in [0.25, 0.3) is 0 Å². The summed E-state index contributed by atoms with van der Waals surface area (Å²) >= 11 is 9.41. The quantitative estimate of drug-likeness (QED) is 0.625. The minimum Gasteiger partial charge on any atom is -0.205 e. The molecule has 0 amide bonds. The number of rotatable bonds is 1. The molecule has 0 fully saturated rings. The molecule has 3 heteroatoms. The van der Waals surface area contributed by atoms with Crippen molar-refractivity contribution in [1.82, 2.24) is 0 Å². The summed E-state index contributed by atoms with van der Waals surface area (Å²) < 4.78 is 12.8. The maximum atomic E-state index is 12.8. The zero-order valence-corrected chi connectivity index (χ0v) is 6.79. The molecule has 0 aromatic heterocycles. The van der Waals surface area contributed by atoms with Crippen molar-refractivity contribution in [2.75, 3.05) is 0 Å². The van der Waals surface area contributed by atoms with Gasteiger partial charge in [-0.1, -0.05) is 23.7 Å². The zero-order chi connectivity index (χ0) is 7.56. The highest BCUT2D eigenvalue weighted by Gasteiger charge is 2.02. The number of halogens is 2. The lowest BCUT2D eigenvalue weighted by Gasteiger charge is -1.98. The Morgan fingerprint density at radius 3 is 2.70 bits per heavy atom. The van der Waals surface area contributed by atoms with Crippen molar-refractivity contribution >= 4 is 24.2 Å². The fourth-order valence-corrected chi connectivity index (χ4v) is 1.11. The molecule has 0 bridgehead atoms. The maximum Gasteiger partial charge on any atom is 0.145 e. The van der Waals surface area contributed by atoms with Crippen LogP contribution in [-0.2, 0) is 5.75 Å². The fraction of sp³-hybridized carbons (Fsp3) is 0.143. The SMILES string of the molecule is Fc1c(Cl)cccc1CS. The molecule has 0 unspecified atom stereocenters. The van der Waals surface area contributed by atoms with E-state index in [1.807, 2.05) is 0 Å². The van der Waals surface area contributed by atoms with Gasteiger partial charge in [-0.3, -0.25) is 0 Å². The molecule has 0 heterocycles. The first-order valence-electron chi connectivity index (χ1n) is 2.79. The van der Waals surface area contributed by atoms with Crippen LogP contribution in [-0.4, -0.2) is 0 Å². The molecule has 1 aromatic rings. The van der Waals surface area contributed by atoms with Crippen LogP contribution in [0.3, 0.4) is 0 Å². The average molecular weight is 177 g/mol. The Morgan fingerprint density at radius 2 is 2.20 bits per heavy atom. The third kappa shape index (κ3) is 1.44. The van der Waals surface area contributed by atoms with Crippen LogP contribution in [0.5, 0.6) is 0 Å². The van der Waals surface area contributed by atoms with Crippen LogP contribution in [0.25, 0.3) is 0 Å². The van der Waals surface area contributed by atoms with Gasteiger partial charge in [-0.2, -0.15) is 12.6 Å².